The Bertz CT molecular complexity index is 629. The van der Waals surface area contributed by atoms with Crippen LogP contribution in [0.2, 0.25) is 0 Å². The van der Waals surface area contributed by atoms with Gasteiger partial charge in [-0.3, -0.25) is 9.78 Å². The number of hydrogen-bond acceptors (Lipinski definition) is 8. The van der Waals surface area contributed by atoms with Gasteiger partial charge in [-0.25, -0.2) is 4.98 Å². The number of aromatic nitrogens is 3. The Kier molecular flexibility index (Phi) is 8.44. The minimum absolute atomic E-state index is 0.315. The quantitative estimate of drug-likeness (QED) is 0.728. The molecule has 25 heavy (non-hydrogen) atoms. The first kappa shape index (κ1) is 19.4. The lowest BCUT2D eigenvalue weighted by atomic mass is 10.0. The summed E-state index contributed by atoms with van der Waals surface area (Å²) in [6, 6.07) is 1.57. The van der Waals surface area contributed by atoms with Crippen LogP contribution in [0.25, 0.3) is 10.7 Å². The molecule has 0 aliphatic carbocycles. The lowest BCUT2D eigenvalue weighted by Gasteiger charge is -2.21. The van der Waals surface area contributed by atoms with Crippen molar-refractivity contribution < 1.29 is 19.0 Å². The molecule has 0 saturated carbocycles. The van der Waals surface area contributed by atoms with Gasteiger partial charge in [0, 0.05) is 39.2 Å². The highest BCUT2D eigenvalue weighted by Crippen LogP contribution is 2.23. The van der Waals surface area contributed by atoms with Crippen molar-refractivity contribution in [1.82, 2.24) is 15.0 Å². The molecule has 2 aromatic heterocycles. The number of rotatable bonds is 6. The van der Waals surface area contributed by atoms with Crippen molar-refractivity contribution >= 4 is 17.6 Å². The van der Waals surface area contributed by atoms with Crippen molar-refractivity contribution in [2.75, 3.05) is 33.5 Å². The maximum absolute atomic E-state index is 11.0. The molecule has 0 aromatic carbocycles. The molecular formula is C17H23N3O4S. The van der Waals surface area contributed by atoms with Gasteiger partial charge in [-0.15, -0.1) is 11.3 Å². The van der Waals surface area contributed by atoms with Crippen LogP contribution >= 0.6 is 11.3 Å². The molecule has 1 aliphatic heterocycles. The van der Waals surface area contributed by atoms with Crippen LogP contribution in [0.5, 0.6) is 5.88 Å². The summed E-state index contributed by atoms with van der Waals surface area (Å²) in [6.07, 6.45) is 4.37. The Labute approximate surface area is 151 Å². The lowest BCUT2D eigenvalue weighted by Crippen LogP contribution is -2.21. The minimum Gasteiger partial charge on any atom is -0.477 e. The van der Waals surface area contributed by atoms with Crippen LogP contribution in [0.1, 0.15) is 30.3 Å². The number of nitrogens with zero attached hydrogens (tertiary/aromatic N) is 3. The zero-order valence-corrected chi connectivity index (χ0v) is 15.3. The van der Waals surface area contributed by atoms with Gasteiger partial charge in [0.1, 0.15) is 5.69 Å². The van der Waals surface area contributed by atoms with Crippen molar-refractivity contribution in [3.05, 3.63) is 23.5 Å². The van der Waals surface area contributed by atoms with Gasteiger partial charge in [0.15, 0.2) is 12.1 Å². The molecule has 0 bridgehead atoms. The molecule has 0 radical (unpaired) electrons. The van der Waals surface area contributed by atoms with Gasteiger partial charge < -0.3 is 14.2 Å². The molecule has 0 amide bonds. The molecule has 3 rings (SSSR count). The van der Waals surface area contributed by atoms with E-state index in [1.807, 2.05) is 6.92 Å². The smallest absolute Gasteiger partial charge is 0.217 e. The summed E-state index contributed by atoms with van der Waals surface area (Å²) in [5, 5.41) is 0. The van der Waals surface area contributed by atoms with Crippen molar-refractivity contribution in [2.24, 2.45) is 5.92 Å². The SMILES string of the molecule is CCOC.O=Cc1cc(OCC2CCOCC2)nc(-c2cncs2)n1. The summed E-state index contributed by atoms with van der Waals surface area (Å²) >= 11 is 1.43. The summed E-state index contributed by atoms with van der Waals surface area (Å²) in [5.74, 6) is 1.38. The summed E-state index contributed by atoms with van der Waals surface area (Å²) in [6.45, 7) is 4.92. The molecule has 2 aromatic rings. The van der Waals surface area contributed by atoms with E-state index in [0.29, 0.717) is 36.2 Å². The molecule has 3 heterocycles. The average Bonchev–Trinajstić information content (AvgIpc) is 3.22. The fourth-order valence-corrected chi connectivity index (χ4v) is 2.68. The van der Waals surface area contributed by atoms with E-state index in [0.717, 1.165) is 37.5 Å². The van der Waals surface area contributed by atoms with Gasteiger partial charge in [0.05, 0.1) is 17.0 Å². The number of ether oxygens (including phenoxy) is 3. The van der Waals surface area contributed by atoms with Crippen LogP contribution in [0, 0.1) is 5.92 Å². The zero-order valence-electron chi connectivity index (χ0n) is 14.5. The van der Waals surface area contributed by atoms with Gasteiger partial charge in [-0.1, -0.05) is 0 Å². The van der Waals surface area contributed by atoms with Crippen LogP contribution in [-0.2, 0) is 9.47 Å². The van der Waals surface area contributed by atoms with Gasteiger partial charge in [-0.2, -0.15) is 4.98 Å². The summed E-state index contributed by atoms with van der Waals surface area (Å²) in [5.41, 5.74) is 2.02. The standard InChI is InChI=1S/C14H15N3O3S.C3H8O/c18-7-11-5-13(20-8-10-1-3-19-4-2-10)17-14(16-11)12-6-15-9-21-12;1-3-4-2/h5-7,9-10H,1-4,8H2;3H2,1-2H3. The molecular weight excluding hydrogens is 342 g/mol. The summed E-state index contributed by atoms with van der Waals surface area (Å²) < 4.78 is 15.6. The van der Waals surface area contributed by atoms with Gasteiger partial charge in [-0.05, 0) is 25.7 Å². The highest BCUT2D eigenvalue weighted by Gasteiger charge is 2.15. The Morgan fingerprint density at radius 1 is 1.36 bits per heavy atom. The van der Waals surface area contributed by atoms with E-state index in [-0.39, 0.29) is 0 Å². The highest BCUT2D eigenvalue weighted by molar-refractivity contribution is 7.13. The van der Waals surface area contributed by atoms with Crippen LogP contribution in [0.15, 0.2) is 17.8 Å². The lowest BCUT2D eigenvalue weighted by molar-refractivity contribution is 0.0490. The average molecular weight is 365 g/mol. The van der Waals surface area contributed by atoms with Crippen LogP contribution < -0.4 is 4.74 Å². The van der Waals surface area contributed by atoms with E-state index in [1.54, 1.807) is 24.9 Å². The zero-order chi connectivity index (χ0) is 17.9. The van der Waals surface area contributed by atoms with E-state index in [9.17, 15) is 4.79 Å². The summed E-state index contributed by atoms with van der Waals surface area (Å²) in [4.78, 5) is 24.4. The molecule has 0 atom stereocenters. The molecule has 0 unspecified atom stereocenters. The van der Waals surface area contributed by atoms with Crippen molar-refractivity contribution in [3.8, 4) is 16.6 Å². The second-order valence-corrected chi connectivity index (χ2v) is 6.27. The van der Waals surface area contributed by atoms with Crippen LogP contribution in [-0.4, -0.2) is 54.8 Å². The first-order valence-corrected chi connectivity index (χ1v) is 9.07. The predicted octanol–water partition coefficient (Wildman–Crippen LogP) is 2.87. The van der Waals surface area contributed by atoms with E-state index >= 15 is 0 Å². The van der Waals surface area contributed by atoms with Crippen molar-refractivity contribution in [1.29, 1.82) is 0 Å². The Morgan fingerprint density at radius 3 is 2.72 bits per heavy atom. The van der Waals surface area contributed by atoms with Crippen LogP contribution in [0.3, 0.4) is 0 Å². The summed E-state index contributed by atoms with van der Waals surface area (Å²) in [7, 11) is 1.68. The first-order chi connectivity index (χ1) is 12.3. The minimum atomic E-state index is 0.315. The normalized spacial score (nSPS) is 14.5. The Balaban J connectivity index is 0.000000511. The fraction of sp³-hybridized carbons (Fsp3) is 0.529. The third-order valence-corrected chi connectivity index (χ3v) is 4.36. The van der Waals surface area contributed by atoms with Crippen LogP contribution in [0.4, 0.5) is 0 Å². The third kappa shape index (κ3) is 6.49. The maximum Gasteiger partial charge on any atom is 0.217 e. The molecule has 136 valence electrons. The number of thiazole rings is 1. The number of carbonyl (C=O) groups excluding carboxylic acids is 1. The number of carbonyl (C=O) groups is 1. The largest absolute Gasteiger partial charge is 0.477 e. The Hall–Kier alpha value is -1.90. The molecule has 7 nitrogen and oxygen atoms in total. The molecule has 1 aliphatic rings. The molecule has 1 saturated heterocycles. The van der Waals surface area contributed by atoms with Gasteiger partial charge >= 0.3 is 0 Å². The molecule has 0 N–H and O–H groups in total. The van der Waals surface area contributed by atoms with E-state index in [4.69, 9.17) is 9.47 Å². The Morgan fingerprint density at radius 2 is 2.12 bits per heavy atom. The number of aldehydes is 1. The highest BCUT2D eigenvalue weighted by atomic mass is 32.1. The molecule has 8 heteroatoms. The number of hydrogen-bond donors (Lipinski definition) is 0. The topological polar surface area (TPSA) is 83.4 Å². The first-order valence-electron chi connectivity index (χ1n) is 8.19. The van der Waals surface area contributed by atoms with E-state index in [1.165, 1.54) is 11.3 Å². The third-order valence-electron chi connectivity index (χ3n) is 3.59. The molecule has 0 spiro atoms. The predicted molar refractivity (Wildman–Crippen MR) is 95.1 cm³/mol. The second-order valence-electron chi connectivity index (χ2n) is 5.38. The van der Waals surface area contributed by atoms with E-state index < -0.39 is 0 Å². The van der Waals surface area contributed by atoms with Crippen molar-refractivity contribution in [3.63, 3.8) is 0 Å². The van der Waals surface area contributed by atoms with Gasteiger partial charge in [0.2, 0.25) is 5.88 Å². The number of methoxy groups -OCH3 is 1. The fourth-order valence-electron chi connectivity index (χ4n) is 2.13. The van der Waals surface area contributed by atoms with E-state index in [2.05, 4.69) is 19.7 Å². The monoisotopic (exact) mass is 365 g/mol. The van der Waals surface area contributed by atoms with Crippen molar-refractivity contribution in [2.45, 2.75) is 19.8 Å². The van der Waals surface area contributed by atoms with Gasteiger partial charge in [0.25, 0.3) is 0 Å². The maximum atomic E-state index is 11.0. The molecule has 1 fully saturated rings. The second kappa shape index (κ2) is 10.9.